The summed E-state index contributed by atoms with van der Waals surface area (Å²) in [6.45, 7) is 0. The summed E-state index contributed by atoms with van der Waals surface area (Å²) in [4.78, 5) is 2.01. The second kappa shape index (κ2) is 5.65. The standard InChI is InChI=1S/C16H15F2N/c1-19(2)16-7-5-12(6-8-16)3-4-13-9-14(17)11-15(18)10-13/h3-11H,1-2H3. The highest BCUT2D eigenvalue weighted by molar-refractivity contribution is 5.70. The molecule has 0 atom stereocenters. The van der Waals surface area contributed by atoms with Crippen LogP contribution >= 0.6 is 0 Å². The van der Waals surface area contributed by atoms with Crippen LogP contribution in [0, 0.1) is 11.6 Å². The van der Waals surface area contributed by atoms with Gasteiger partial charge in [-0.3, -0.25) is 0 Å². The molecule has 0 radical (unpaired) electrons. The molecule has 0 spiro atoms. The summed E-state index contributed by atoms with van der Waals surface area (Å²) >= 11 is 0. The second-order valence-electron chi connectivity index (χ2n) is 4.52. The molecule has 0 aliphatic rings. The molecule has 0 N–H and O–H groups in total. The highest BCUT2D eigenvalue weighted by Crippen LogP contribution is 2.15. The highest BCUT2D eigenvalue weighted by Gasteiger charge is 1.98. The van der Waals surface area contributed by atoms with Gasteiger partial charge in [-0.25, -0.2) is 8.78 Å². The number of halogens is 2. The number of anilines is 1. The van der Waals surface area contributed by atoms with Gasteiger partial charge in [0, 0.05) is 25.8 Å². The average Bonchev–Trinajstić information content (AvgIpc) is 2.36. The van der Waals surface area contributed by atoms with Gasteiger partial charge in [-0.15, -0.1) is 0 Å². The van der Waals surface area contributed by atoms with Crippen molar-refractivity contribution < 1.29 is 8.78 Å². The van der Waals surface area contributed by atoms with E-state index in [2.05, 4.69) is 0 Å². The first-order chi connectivity index (χ1) is 9.04. The molecule has 0 bridgehead atoms. The van der Waals surface area contributed by atoms with E-state index < -0.39 is 11.6 Å². The zero-order valence-electron chi connectivity index (χ0n) is 10.9. The highest BCUT2D eigenvalue weighted by atomic mass is 19.1. The first-order valence-electron chi connectivity index (χ1n) is 5.96. The summed E-state index contributed by atoms with van der Waals surface area (Å²) in [6, 6.07) is 11.4. The largest absolute Gasteiger partial charge is 0.378 e. The Kier molecular flexibility index (Phi) is 3.95. The van der Waals surface area contributed by atoms with Crippen molar-refractivity contribution >= 4 is 17.8 Å². The molecule has 0 aliphatic heterocycles. The average molecular weight is 259 g/mol. The summed E-state index contributed by atoms with van der Waals surface area (Å²) in [6.07, 6.45) is 3.52. The number of benzene rings is 2. The van der Waals surface area contributed by atoms with Crippen molar-refractivity contribution in [2.24, 2.45) is 0 Å². The molecule has 3 heteroatoms. The van der Waals surface area contributed by atoms with E-state index in [0.29, 0.717) is 5.56 Å². The van der Waals surface area contributed by atoms with E-state index >= 15 is 0 Å². The van der Waals surface area contributed by atoms with Gasteiger partial charge in [-0.2, -0.15) is 0 Å². The van der Waals surface area contributed by atoms with E-state index in [0.717, 1.165) is 17.3 Å². The van der Waals surface area contributed by atoms with Crippen molar-refractivity contribution in [3.8, 4) is 0 Å². The second-order valence-corrected chi connectivity index (χ2v) is 4.52. The lowest BCUT2D eigenvalue weighted by atomic mass is 10.1. The predicted molar refractivity (Wildman–Crippen MR) is 76.1 cm³/mol. The third-order valence-corrected chi connectivity index (χ3v) is 2.76. The number of rotatable bonds is 3. The molecule has 0 saturated carbocycles. The fraction of sp³-hybridized carbons (Fsp3) is 0.125. The third-order valence-electron chi connectivity index (χ3n) is 2.76. The molecule has 2 aromatic carbocycles. The lowest BCUT2D eigenvalue weighted by molar-refractivity contribution is 0.583. The fourth-order valence-corrected chi connectivity index (χ4v) is 1.75. The molecule has 0 aliphatic carbocycles. The Bertz CT molecular complexity index is 566. The number of nitrogens with zero attached hydrogens (tertiary/aromatic N) is 1. The van der Waals surface area contributed by atoms with Crippen molar-refractivity contribution in [3.05, 3.63) is 65.2 Å². The molecular weight excluding hydrogens is 244 g/mol. The van der Waals surface area contributed by atoms with Gasteiger partial charge in [0.15, 0.2) is 0 Å². The summed E-state index contributed by atoms with van der Waals surface area (Å²) in [5.41, 5.74) is 2.60. The molecular formula is C16H15F2N. The molecule has 2 rings (SSSR count). The Balaban J connectivity index is 2.17. The first-order valence-corrected chi connectivity index (χ1v) is 5.96. The van der Waals surface area contributed by atoms with Gasteiger partial charge in [-0.1, -0.05) is 24.3 Å². The Morgan fingerprint density at radius 2 is 1.32 bits per heavy atom. The van der Waals surface area contributed by atoms with Crippen LogP contribution in [0.3, 0.4) is 0 Å². The molecule has 0 aromatic heterocycles. The minimum absolute atomic E-state index is 0.509. The molecule has 2 aromatic rings. The minimum atomic E-state index is -0.567. The van der Waals surface area contributed by atoms with Crippen LogP contribution in [0.25, 0.3) is 12.2 Å². The van der Waals surface area contributed by atoms with E-state index in [-0.39, 0.29) is 0 Å². The number of hydrogen-bond acceptors (Lipinski definition) is 1. The van der Waals surface area contributed by atoms with Crippen molar-refractivity contribution in [1.29, 1.82) is 0 Å². The van der Waals surface area contributed by atoms with E-state index in [4.69, 9.17) is 0 Å². The van der Waals surface area contributed by atoms with Gasteiger partial charge in [0.1, 0.15) is 11.6 Å². The van der Waals surface area contributed by atoms with Crippen LogP contribution in [0.5, 0.6) is 0 Å². The zero-order valence-corrected chi connectivity index (χ0v) is 10.9. The molecule has 0 fully saturated rings. The SMILES string of the molecule is CN(C)c1ccc(C=Cc2cc(F)cc(F)c2)cc1. The van der Waals surface area contributed by atoms with E-state index in [1.54, 1.807) is 6.08 Å². The molecule has 0 saturated heterocycles. The molecule has 0 unspecified atom stereocenters. The zero-order chi connectivity index (χ0) is 13.8. The van der Waals surface area contributed by atoms with E-state index in [9.17, 15) is 8.78 Å². The van der Waals surface area contributed by atoms with Crippen LogP contribution in [0.1, 0.15) is 11.1 Å². The van der Waals surface area contributed by atoms with E-state index in [1.807, 2.05) is 49.3 Å². The molecule has 19 heavy (non-hydrogen) atoms. The maximum absolute atomic E-state index is 13.0. The van der Waals surface area contributed by atoms with Crippen molar-refractivity contribution in [1.82, 2.24) is 0 Å². The topological polar surface area (TPSA) is 3.24 Å². The maximum atomic E-state index is 13.0. The Morgan fingerprint density at radius 3 is 1.84 bits per heavy atom. The molecule has 1 nitrogen and oxygen atoms in total. The normalized spacial score (nSPS) is 10.9. The van der Waals surface area contributed by atoms with Crippen molar-refractivity contribution in [3.63, 3.8) is 0 Å². The summed E-state index contributed by atoms with van der Waals surface area (Å²) < 4.78 is 26.0. The molecule has 0 heterocycles. The van der Waals surface area contributed by atoms with Gasteiger partial charge in [0.05, 0.1) is 0 Å². The quantitative estimate of drug-likeness (QED) is 0.747. The molecule has 98 valence electrons. The number of hydrogen-bond donors (Lipinski definition) is 0. The summed E-state index contributed by atoms with van der Waals surface area (Å²) in [5.74, 6) is -1.13. The summed E-state index contributed by atoms with van der Waals surface area (Å²) in [5, 5.41) is 0. The van der Waals surface area contributed by atoms with Crippen LogP contribution in [0.15, 0.2) is 42.5 Å². The Labute approximate surface area is 111 Å². The monoisotopic (exact) mass is 259 g/mol. The lowest BCUT2D eigenvalue weighted by Gasteiger charge is -2.11. The minimum Gasteiger partial charge on any atom is -0.378 e. The Morgan fingerprint density at radius 1 is 0.789 bits per heavy atom. The van der Waals surface area contributed by atoms with Gasteiger partial charge < -0.3 is 4.90 Å². The van der Waals surface area contributed by atoms with Crippen molar-refractivity contribution in [2.45, 2.75) is 0 Å². The lowest BCUT2D eigenvalue weighted by Crippen LogP contribution is -2.07. The van der Waals surface area contributed by atoms with Gasteiger partial charge in [0.25, 0.3) is 0 Å². The Hall–Kier alpha value is -2.16. The maximum Gasteiger partial charge on any atom is 0.126 e. The van der Waals surface area contributed by atoms with Crippen LogP contribution in [-0.2, 0) is 0 Å². The van der Waals surface area contributed by atoms with Crippen LogP contribution < -0.4 is 4.90 Å². The smallest absolute Gasteiger partial charge is 0.126 e. The van der Waals surface area contributed by atoms with Crippen molar-refractivity contribution in [2.75, 3.05) is 19.0 Å². The molecule has 0 amide bonds. The summed E-state index contributed by atoms with van der Waals surface area (Å²) in [7, 11) is 3.95. The van der Waals surface area contributed by atoms with E-state index in [1.165, 1.54) is 12.1 Å². The third kappa shape index (κ3) is 3.65. The fourth-order valence-electron chi connectivity index (χ4n) is 1.75. The van der Waals surface area contributed by atoms with Crippen LogP contribution in [0.4, 0.5) is 14.5 Å². The van der Waals surface area contributed by atoms with Crippen LogP contribution in [-0.4, -0.2) is 14.1 Å². The van der Waals surface area contributed by atoms with Crippen LogP contribution in [0.2, 0.25) is 0 Å². The van der Waals surface area contributed by atoms with Gasteiger partial charge in [0.2, 0.25) is 0 Å². The van der Waals surface area contributed by atoms with Gasteiger partial charge in [-0.05, 0) is 35.4 Å². The first kappa shape index (κ1) is 13.3. The predicted octanol–water partition coefficient (Wildman–Crippen LogP) is 4.20. The van der Waals surface area contributed by atoms with Gasteiger partial charge >= 0.3 is 0 Å².